The first-order chi connectivity index (χ1) is 7.99. The summed E-state index contributed by atoms with van der Waals surface area (Å²) in [4.78, 5) is 14.5. The van der Waals surface area contributed by atoms with Crippen molar-refractivity contribution >= 4 is 5.78 Å². The molecule has 0 amide bonds. The van der Waals surface area contributed by atoms with Crippen molar-refractivity contribution in [2.24, 2.45) is 0 Å². The van der Waals surface area contributed by atoms with Crippen LogP contribution >= 0.6 is 0 Å². The van der Waals surface area contributed by atoms with Gasteiger partial charge in [-0.3, -0.25) is 9.69 Å². The summed E-state index contributed by atoms with van der Waals surface area (Å²) in [7, 11) is 0. The van der Waals surface area contributed by atoms with E-state index >= 15 is 0 Å². The zero-order chi connectivity index (χ0) is 12.5. The molecule has 0 atom stereocenters. The van der Waals surface area contributed by atoms with E-state index in [4.69, 9.17) is 0 Å². The molecule has 0 unspecified atom stereocenters. The summed E-state index contributed by atoms with van der Waals surface area (Å²) in [6, 6.07) is 7.87. The van der Waals surface area contributed by atoms with E-state index < -0.39 is 0 Å². The van der Waals surface area contributed by atoms with Crippen LogP contribution in [0.15, 0.2) is 24.3 Å². The molecule has 1 aliphatic rings. The summed E-state index contributed by atoms with van der Waals surface area (Å²) in [5.41, 5.74) is 2.21. The monoisotopic (exact) mass is 231 g/mol. The normalized spacial score (nSPS) is 19.5. The maximum absolute atomic E-state index is 12.2. The van der Waals surface area contributed by atoms with E-state index in [-0.39, 0.29) is 11.3 Å². The molecule has 0 saturated carbocycles. The summed E-state index contributed by atoms with van der Waals surface area (Å²) in [6.45, 7) is 8.09. The van der Waals surface area contributed by atoms with Gasteiger partial charge in [0.05, 0.1) is 6.54 Å². The lowest BCUT2D eigenvalue weighted by Crippen LogP contribution is -2.41. The average Bonchev–Trinajstić information content (AvgIpc) is 2.59. The minimum atomic E-state index is 0.181. The first kappa shape index (κ1) is 12.3. The summed E-state index contributed by atoms with van der Waals surface area (Å²) in [6.07, 6.45) is 2.39. The Morgan fingerprint density at radius 3 is 2.47 bits per heavy atom. The minimum Gasteiger partial charge on any atom is -0.293 e. The number of likely N-dealkylation sites (tertiary alicyclic amines) is 1. The van der Waals surface area contributed by atoms with Crippen LogP contribution < -0.4 is 0 Å². The van der Waals surface area contributed by atoms with Crippen LogP contribution in [0.25, 0.3) is 0 Å². The molecule has 1 saturated heterocycles. The first-order valence-corrected chi connectivity index (χ1v) is 6.34. The molecule has 0 aliphatic carbocycles. The molecule has 0 bridgehead atoms. The molecule has 2 heteroatoms. The molecule has 1 aromatic rings. The molecule has 1 fully saturated rings. The van der Waals surface area contributed by atoms with Crippen molar-refractivity contribution in [3.63, 3.8) is 0 Å². The highest BCUT2D eigenvalue weighted by molar-refractivity contribution is 5.97. The molecule has 1 aromatic carbocycles. The zero-order valence-corrected chi connectivity index (χ0v) is 11.0. The predicted molar refractivity (Wildman–Crippen MR) is 70.4 cm³/mol. The number of hydrogen-bond acceptors (Lipinski definition) is 2. The zero-order valence-electron chi connectivity index (χ0n) is 11.0. The Morgan fingerprint density at radius 2 is 1.94 bits per heavy atom. The van der Waals surface area contributed by atoms with E-state index in [0.29, 0.717) is 6.54 Å². The summed E-state index contributed by atoms with van der Waals surface area (Å²) < 4.78 is 0. The van der Waals surface area contributed by atoms with E-state index in [9.17, 15) is 4.79 Å². The smallest absolute Gasteiger partial charge is 0.176 e. The second-order valence-corrected chi connectivity index (χ2v) is 5.63. The third-order valence-corrected chi connectivity index (χ3v) is 3.78. The lowest BCUT2D eigenvalue weighted by atomic mass is 10.0. The molecule has 0 N–H and O–H groups in total. The van der Waals surface area contributed by atoms with Gasteiger partial charge in [0.25, 0.3) is 0 Å². The number of Topliss-reactive ketones (excluding diaryl/α,β-unsaturated/α-hetero) is 1. The molecule has 1 heterocycles. The second-order valence-electron chi connectivity index (χ2n) is 5.63. The van der Waals surface area contributed by atoms with E-state index in [1.807, 2.05) is 31.2 Å². The highest BCUT2D eigenvalue weighted by Crippen LogP contribution is 2.28. The Labute approximate surface area is 104 Å². The Morgan fingerprint density at radius 1 is 1.29 bits per heavy atom. The largest absolute Gasteiger partial charge is 0.293 e. The molecule has 0 spiro atoms. The van der Waals surface area contributed by atoms with Gasteiger partial charge in [-0.15, -0.1) is 0 Å². The van der Waals surface area contributed by atoms with Crippen LogP contribution in [0.1, 0.15) is 42.6 Å². The minimum absolute atomic E-state index is 0.181. The van der Waals surface area contributed by atoms with Crippen molar-refractivity contribution in [1.82, 2.24) is 4.90 Å². The number of aryl methyl sites for hydroxylation is 1. The van der Waals surface area contributed by atoms with Crippen molar-refractivity contribution in [3.05, 3.63) is 35.4 Å². The van der Waals surface area contributed by atoms with E-state index in [2.05, 4.69) is 18.7 Å². The summed E-state index contributed by atoms with van der Waals surface area (Å²) in [5, 5.41) is 0. The standard InChI is InChI=1S/C15H21NO/c1-12-5-7-13(8-6-12)14(17)11-16-10-4-9-15(16,2)3/h5-8H,4,9-11H2,1-3H3. The maximum Gasteiger partial charge on any atom is 0.176 e. The quantitative estimate of drug-likeness (QED) is 0.745. The lowest BCUT2D eigenvalue weighted by Gasteiger charge is -2.30. The number of hydrogen-bond donors (Lipinski definition) is 0. The molecule has 2 nitrogen and oxygen atoms in total. The van der Waals surface area contributed by atoms with Crippen molar-refractivity contribution in [3.8, 4) is 0 Å². The number of nitrogens with zero attached hydrogens (tertiary/aromatic N) is 1. The van der Waals surface area contributed by atoms with Gasteiger partial charge in [-0.2, -0.15) is 0 Å². The van der Waals surface area contributed by atoms with Gasteiger partial charge in [0.15, 0.2) is 5.78 Å². The predicted octanol–water partition coefficient (Wildman–Crippen LogP) is 3.05. The van der Waals surface area contributed by atoms with Gasteiger partial charge in [-0.25, -0.2) is 0 Å². The Hall–Kier alpha value is -1.15. The van der Waals surface area contributed by atoms with Crippen molar-refractivity contribution in [2.75, 3.05) is 13.1 Å². The fourth-order valence-corrected chi connectivity index (χ4v) is 2.46. The van der Waals surface area contributed by atoms with Gasteiger partial charge in [0, 0.05) is 11.1 Å². The number of carbonyl (C=O) groups excluding carboxylic acids is 1. The Kier molecular flexibility index (Phi) is 3.34. The highest BCUT2D eigenvalue weighted by atomic mass is 16.1. The van der Waals surface area contributed by atoms with Gasteiger partial charge in [0.1, 0.15) is 0 Å². The number of rotatable bonds is 3. The molecule has 0 aromatic heterocycles. The lowest BCUT2D eigenvalue weighted by molar-refractivity contribution is 0.0871. The molecule has 2 rings (SSSR count). The van der Waals surface area contributed by atoms with Gasteiger partial charge in [-0.05, 0) is 40.2 Å². The molecule has 0 radical (unpaired) electrons. The average molecular weight is 231 g/mol. The van der Waals surface area contributed by atoms with Crippen LogP contribution in [0.4, 0.5) is 0 Å². The van der Waals surface area contributed by atoms with Gasteiger partial charge in [0.2, 0.25) is 0 Å². The summed E-state index contributed by atoms with van der Waals surface area (Å²) >= 11 is 0. The third-order valence-electron chi connectivity index (χ3n) is 3.78. The fourth-order valence-electron chi connectivity index (χ4n) is 2.46. The van der Waals surface area contributed by atoms with Gasteiger partial charge < -0.3 is 0 Å². The van der Waals surface area contributed by atoms with E-state index in [1.54, 1.807) is 0 Å². The van der Waals surface area contributed by atoms with Crippen molar-refractivity contribution in [1.29, 1.82) is 0 Å². The number of ketones is 1. The Bertz CT molecular complexity index is 405. The van der Waals surface area contributed by atoms with Crippen LogP contribution in [-0.4, -0.2) is 29.3 Å². The molecule has 17 heavy (non-hydrogen) atoms. The SMILES string of the molecule is Cc1ccc(C(=O)CN2CCCC2(C)C)cc1. The van der Waals surface area contributed by atoms with Crippen LogP contribution in [0.5, 0.6) is 0 Å². The molecule has 92 valence electrons. The van der Waals surface area contributed by atoms with Crippen LogP contribution in [-0.2, 0) is 0 Å². The topological polar surface area (TPSA) is 20.3 Å². The third kappa shape index (κ3) is 2.75. The van der Waals surface area contributed by atoms with Crippen LogP contribution in [0.3, 0.4) is 0 Å². The van der Waals surface area contributed by atoms with Crippen molar-refractivity contribution < 1.29 is 4.79 Å². The summed E-state index contributed by atoms with van der Waals surface area (Å²) in [5.74, 6) is 0.236. The number of benzene rings is 1. The number of carbonyl (C=O) groups is 1. The molecular formula is C15H21NO. The van der Waals surface area contributed by atoms with Crippen LogP contribution in [0, 0.1) is 6.92 Å². The molecular weight excluding hydrogens is 210 g/mol. The maximum atomic E-state index is 12.2. The Balaban J connectivity index is 2.04. The van der Waals surface area contributed by atoms with Gasteiger partial charge in [-0.1, -0.05) is 29.8 Å². The van der Waals surface area contributed by atoms with E-state index in [1.165, 1.54) is 18.4 Å². The molecule has 1 aliphatic heterocycles. The van der Waals surface area contributed by atoms with Crippen LogP contribution in [0.2, 0.25) is 0 Å². The first-order valence-electron chi connectivity index (χ1n) is 6.34. The van der Waals surface area contributed by atoms with Crippen molar-refractivity contribution in [2.45, 2.75) is 39.2 Å². The van der Waals surface area contributed by atoms with E-state index in [0.717, 1.165) is 12.1 Å². The second kappa shape index (κ2) is 4.61. The van der Waals surface area contributed by atoms with Gasteiger partial charge >= 0.3 is 0 Å². The highest BCUT2D eigenvalue weighted by Gasteiger charge is 2.32. The fraction of sp³-hybridized carbons (Fsp3) is 0.533.